The zero-order valence-electron chi connectivity index (χ0n) is 11.3. The van der Waals surface area contributed by atoms with Crippen molar-refractivity contribution in [3.63, 3.8) is 0 Å². The van der Waals surface area contributed by atoms with Crippen LogP contribution in [-0.2, 0) is 9.59 Å². The molecule has 0 bridgehead atoms. The molecule has 2 amide bonds. The molecule has 1 rings (SSSR count). The number of rotatable bonds is 3. The molecule has 0 spiro atoms. The molecule has 0 saturated heterocycles. The van der Waals surface area contributed by atoms with Crippen molar-refractivity contribution < 1.29 is 9.59 Å². The van der Waals surface area contributed by atoms with E-state index in [0.29, 0.717) is 11.6 Å². The van der Waals surface area contributed by atoms with Gasteiger partial charge in [0.25, 0.3) is 0 Å². The van der Waals surface area contributed by atoms with Gasteiger partial charge >= 0.3 is 11.8 Å². The van der Waals surface area contributed by atoms with Crippen LogP contribution in [0.3, 0.4) is 0 Å². The number of hydrogen-bond donors (Lipinski definition) is 2. The molecule has 0 aliphatic heterocycles. The molecule has 0 aliphatic carbocycles. The molecule has 0 saturated carbocycles. The minimum absolute atomic E-state index is 0.0495. The van der Waals surface area contributed by atoms with E-state index < -0.39 is 11.8 Å². The van der Waals surface area contributed by atoms with Crippen LogP contribution in [0.25, 0.3) is 0 Å². The van der Waals surface area contributed by atoms with E-state index in [1.54, 1.807) is 12.1 Å². The van der Waals surface area contributed by atoms with Crippen LogP contribution in [-0.4, -0.2) is 17.9 Å². The maximum Gasteiger partial charge on any atom is 0.313 e. The Hall–Kier alpha value is -1.84. The van der Waals surface area contributed by atoms with Gasteiger partial charge in [-0.05, 0) is 37.5 Å². The monoisotopic (exact) mass is 248 g/mol. The summed E-state index contributed by atoms with van der Waals surface area (Å²) < 4.78 is 0. The van der Waals surface area contributed by atoms with Crippen molar-refractivity contribution in [2.24, 2.45) is 0 Å². The molecule has 0 heterocycles. The summed E-state index contributed by atoms with van der Waals surface area (Å²) in [6, 6.07) is 7.44. The second-order valence-corrected chi connectivity index (χ2v) is 4.86. The smallest absolute Gasteiger partial charge is 0.313 e. The molecule has 0 fully saturated rings. The largest absolute Gasteiger partial charge is 0.346 e. The maximum atomic E-state index is 11.5. The molecule has 1 aromatic carbocycles. The van der Waals surface area contributed by atoms with Crippen molar-refractivity contribution >= 4 is 17.5 Å². The second kappa shape index (κ2) is 6.19. The van der Waals surface area contributed by atoms with E-state index in [-0.39, 0.29) is 6.04 Å². The third-order valence-electron chi connectivity index (χ3n) is 2.46. The average molecular weight is 248 g/mol. The van der Waals surface area contributed by atoms with Crippen molar-refractivity contribution in [1.82, 2.24) is 5.32 Å². The number of nitrogens with one attached hydrogen (secondary N) is 2. The van der Waals surface area contributed by atoms with Gasteiger partial charge in [0.1, 0.15) is 0 Å². The Kier molecular flexibility index (Phi) is 4.89. The number of amides is 2. The fourth-order valence-corrected chi connectivity index (χ4v) is 1.47. The molecule has 98 valence electrons. The number of carbonyl (C=O) groups excluding carboxylic acids is 2. The molecular weight excluding hydrogens is 228 g/mol. The Bertz CT molecular complexity index is 422. The fraction of sp³-hybridized carbons (Fsp3) is 0.429. The summed E-state index contributed by atoms with van der Waals surface area (Å²) in [4.78, 5) is 23.0. The van der Waals surface area contributed by atoms with Crippen LogP contribution in [0.1, 0.15) is 39.2 Å². The first-order valence-corrected chi connectivity index (χ1v) is 6.12. The second-order valence-electron chi connectivity index (χ2n) is 4.86. The first kappa shape index (κ1) is 14.2. The third kappa shape index (κ3) is 4.20. The van der Waals surface area contributed by atoms with Gasteiger partial charge in [-0.3, -0.25) is 9.59 Å². The zero-order chi connectivity index (χ0) is 13.7. The van der Waals surface area contributed by atoms with Gasteiger partial charge in [0, 0.05) is 11.7 Å². The quantitative estimate of drug-likeness (QED) is 0.806. The summed E-state index contributed by atoms with van der Waals surface area (Å²) >= 11 is 0. The molecule has 0 aromatic heterocycles. The molecular formula is C14H20N2O2. The van der Waals surface area contributed by atoms with Crippen LogP contribution in [0.5, 0.6) is 0 Å². The van der Waals surface area contributed by atoms with Gasteiger partial charge in [-0.15, -0.1) is 0 Å². The molecule has 4 nitrogen and oxygen atoms in total. The maximum absolute atomic E-state index is 11.5. The predicted molar refractivity (Wildman–Crippen MR) is 72.4 cm³/mol. The lowest BCUT2D eigenvalue weighted by molar-refractivity contribution is -0.136. The van der Waals surface area contributed by atoms with E-state index in [1.807, 2.05) is 26.0 Å². The summed E-state index contributed by atoms with van der Waals surface area (Å²) in [7, 11) is 0. The Labute approximate surface area is 108 Å². The van der Waals surface area contributed by atoms with Gasteiger partial charge in [-0.1, -0.05) is 26.0 Å². The first-order chi connectivity index (χ1) is 8.40. The standard InChI is InChI=1S/C14H20N2O2/c1-9(2)11-5-7-12(8-6-11)16-14(18)13(17)15-10(3)4/h5-10H,1-4H3,(H,15,17)(H,16,18). The van der Waals surface area contributed by atoms with E-state index in [1.165, 1.54) is 5.56 Å². The van der Waals surface area contributed by atoms with Crippen molar-refractivity contribution in [2.45, 2.75) is 39.7 Å². The van der Waals surface area contributed by atoms with Crippen LogP contribution in [0.4, 0.5) is 5.69 Å². The predicted octanol–water partition coefficient (Wildman–Crippen LogP) is 2.27. The third-order valence-corrected chi connectivity index (χ3v) is 2.46. The van der Waals surface area contributed by atoms with Gasteiger partial charge in [0.05, 0.1) is 0 Å². The van der Waals surface area contributed by atoms with Crippen LogP contribution in [0.2, 0.25) is 0 Å². The highest BCUT2D eigenvalue weighted by Crippen LogP contribution is 2.16. The summed E-state index contributed by atoms with van der Waals surface area (Å²) in [5.41, 5.74) is 1.82. The first-order valence-electron chi connectivity index (χ1n) is 6.12. The van der Waals surface area contributed by atoms with Crippen molar-refractivity contribution in [1.29, 1.82) is 0 Å². The Morgan fingerprint density at radius 2 is 1.50 bits per heavy atom. The molecule has 0 atom stereocenters. The number of benzene rings is 1. The van der Waals surface area contributed by atoms with Crippen molar-refractivity contribution in [3.8, 4) is 0 Å². The summed E-state index contributed by atoms with van der Waals surface area (Å²) in [5, 5.41) is 5.10. The van der Waals surface area contributed by atoms with E-state index >= 15 is 0 Å². The van der Waals surface area contributed by atoms with Crippen molar-refractivity contribution in [2.75, 3.05) is 5.32 Å². The van der Waals surface area contributed by atoms with E-state index in [2.05, 4.69) is 24.5 Å². The minimum atomic E-state index is -0.638. The highest BCUT2D eigenvalue weighted by molar-refractivity contribution is 6.39. The molecule has 0 radical (unpaired) electrons. The lowest BCUT2D eigenvalue weighted by Crippen LogP contribution is -2.39. The Morgan fingerprint density at radius 1 is 0.944 bits per heavy atom. The van der Waals surface area contributed by atoms with Crippen molar-refractivity contribution in [3.05, 3.63) is 29.8 Å². The SMILES string of the molecule is CC(C)NC(=O)C(=O)Nc1ccc(C(C)C)cc1. The van der Waals surface area contributed by atoms with E-state index in [0.717, 1.165) is 0 Å². The molecule has 1 aromatic rings. The topological polar surface area (TPSA) is 58.2 Å². The van der Waals surface area contributed by atoms with Gasteiger partial charge in [-0.2, -0.15) is 0 Å². The molecule has 0 unspecified atom stereocenters. The van der Waals surface area contributed by atoms with E-state index in [9.17, 15) is 9.59 Å². The molecule has 0 aliphatic rings. The highest BCUT2D eigenvalue weighted by Gasteiger charge is 2.14. The van der Waals surface area contributed by atoms with Crippen LogP contribution in [0, 0.1) is 0 Å². The Balaban J connectivity index is 2.62. The number of carbonyl (C=O) groups is 2. The van der Waals surface area contributed by atoms with Gasteiger partial charge < -0.3 is 10.6 Å². The van der Waals surface area contributed by atoms with Gasteiger partial charge in [0.2, 0.25) is 0 Å². The van der Waals surface area contributed by atoms with Crippen LogP contribution in [0.15, 0.2) is 24.3 Å². The lowest BCUT2D eigenvalue weighted by Gasteiger charge is -2.10. The molecule has 2 N–H and O–H groups in total. The Morgan fingerprint density at radius 3 is 1.94 bits per heavy atom. The zero-order valence-corrected chi connectivity index (χ0v) is 11.3. The molecule has 18 heavy (non-hydrogen) atoms. The minimum Gasteiger partial charge on any atom is -0.346 e. The fourth-order valence-electron chi connectivity index (χ4n) is 1.47. The average Bonchev–Trinajstić information content (AvgIpc) is 2.28. The van der Waals surface area contributed by atoms with E-state index in [4.69, 9.17) is 0 Å². The number of anilines is 1. The van der Waals surface area contributed by atoms with Gasteiger partial charge in [-0.25, -0.2) is 0 Å². The summed E-state index contributed by atoms with van der Waals surface area (Å²) in [6.45, 7) is 7.82. The van der Waals surface area contributed by atoms with Gasteiger partial charge in [0.15, 0.2) is 0 Å². The summed E-state index contributed by atoms with van der Waals surface area (Å²) in [6.07, 6.45) is 0. The van der Waals surface area contributed by atoms with Crippen LogP contribution >= 0.6 is 0 Å². The number of hydrogen-bond acceptors (Lipinski definition) is 2. The highest BCUT2D eigenvalue weighted by atomic mass is 16.2. The van der Waals surface area contributed by atoms with Crippen LogP contribution < -0.4 is 10.6 Å². The normalized spacial score (nSPS) is 10.6. The lowest BCUT2D eigenvalue weighted by atomic mass is 10.0. The molecule has 4 heteroatoms. The summed E-state index contributed by atoms with van der Waals surface area (Å²) in [5.74, 6) is -0.807.